The van der Waals surface area contributed by atoms with E-state index in [-0.39, 0.29) is 32.6 Å². The highest BCUT2D eigenvalue weighted by Gasteiger charge is 2.22. The minimum atomic E-state index is -0.988. The minimum absolute atomic E-state index is 0.120. The van der Waals surface area contributed by atoms with Crippen molar-refractivity contribution >= 4 is 70.8 Å². The Morgan fingerprint density at radius 1 is 0.490 bits per heavy atom. The second-order valence-electron chi connectivity index (χ2n) is 11.1. The maximum absolute atomic E-state index is 9.94. The van der Waals surface area contributed by atoms with Gasteiger partial charge in [0.1, 0.15) is 0 Å². The molecule has 49 heavy (non-hydrogen) atoms. The van der Waals surface area contributed by atoms with Gasteiger partial charge in [0, 0.05) is 49.1 Å². The van der Waals surface area contributed by atoms with Crippen molar-refractivity contribution in [2.45, 2.75) is 6.92 Å². The molecule has 0 atom stereocenters. The van der Waals surface area contributed by atoms with Gasteiger partial charge < -0.3 is 8.97 Å². The molecule has 11 rings (SSSR count). The molecular formula is C45H28N4. The van der Waals surface area contributed by atoms with Crippen LogP contribution in [0.15, 0.2) is 151 Å². The third kappa shape index (κ3) is 3.63. The summed E-state index contributed by atoms with van der Waals surface area (Å²) >= 11 is 0. The van der Waals surface area contributed by atoms with Gasteiger partial charge in [0.2, 0.25) is 0 Å². The van der Waals surface area contributed by atoms with E-state index in [0.717, 1.165) is 8.97 Å². The lowest BCUT2D eigenvalue weighted by Crippen LogP contribution is -1.98. The number of hydrogen-bond acceptors (Lipinski definition) is 2. The zero-order valence-corrected chi connectivity index (χ0v) is 24.8. The third-order valence-corrected chi connectivity index (χ3v) is 8.46. The Kier molecular flexibility index (Phi) is 2.42. The van der Waals surface area contributed by atoms with Gasteiger partial charge in [-0.15, -0.1) is 0 Å². The second kappa shape index (κ2) is 9.75. The monoisotopic (exact) mass is 649 g/mol. The van der Waals surface area contributed by atoms with Crippen LogP contribution in [0.25, 0.3) is 99.1 Å². The molecule has 7 aromatic carbocycles. The van der Waals surface area contributed by atoms with Crippen molar-refractivity contribution < 1.29 is 34.3 Å². The first kappa shape index (κ1) is 12.2. The second-order valence-corrected chi connectivity index (χ2v) is 11.1. The largest absolute Gasteiger partial charge is 0.309 e. The van der Waals surface area contributed by atoms with Gasteiger partial charge in [0.15, 0.2) is 5.82 Å². The Hall–Kier alpha value is -6.52. The van der Waals surface area contributed by atoms with Gasteiger partial charge in [-0.25, -0.2) is 9.97 Å². The molecule has 0 aliphatic heterocycles. The first-order chi connectivity index (χ1) is 34.6. The highest BCUT2D eigenvalue weighted by atomic mass is 15.0. The van der Waals surface area contributed by atoms with Crippen LogP contribution in [-0.4, -0.2) is 18.9 Å². The predicted octanol–water partition coefficient (Wildman–Crippen LogP) is 11.5. The molecule has 4 nitrogen and oxygen atoms in total. The Balaban J connectivity index is 1.42. The molecule has 228 valence electrons. The summed E-state index contributed by atoms with van der Waals surface area (Å²) in [7, 11) is 0. The minimum Gasteiger partial charge on any atom is -0.309 e. The Labute approximate surface area is 316 Å². The van der Waals surface area contributed by atoms with Crippen LogP contribution >= 0.6 is 0 Å². The molecule has 0 aliphatic carbocycles. The van der Waals surface area contributed by atoms with Crippen molar-refractivity contribution in [3.05, 3.63) is 157 Å². The molecule has 11 aromatic rings. The van der Waals surface area contributed by atoms with Crippen molar-refractivity contribution in [1.29, 1.82) is 0 Å². The molecule has 0 amide bonds. The number of para-hydroxylation sites is 3. The average molecular weight is 650 g/mol. The summed E-state index contributed by atoms with van der Waals surface area (Å²) < 4.78 is 229. The number of aromatic nitrogens is 4. The van der Waals surface area contributed by atoms with E-state index >= 15 is 0 Å². The van der Waals surface area contributed by atoms with Crippen LogP contribution in [0.2, 0.25) is 0 Å². The van der Waals surface area contributed by atoms with Gasteiger partial charge >= 0.3 is 0 Å². The lowest BCUT2D eigenvalue weighted by molar-refractivity contribution is 1.17. The van der Waals surface area contributed by atoms with Crippen LogP contribution in [0.4, 0.5) is 0 Å². The van der Waals surface area contributed by atoms with E-state index < -0.39 is 223 Å². The number of nitrogens with zero attached hydrogens (tertiary/aromatic N) is 4. The fraction of sp³-hybridized carbons (Fsp3) is 0.0222. The Bertz CT molecular complexity index is 4530. The van der Waals surface area contributed by atoms with Gasteiger partial charge in [-0.3, -0.25) is 0 Å². The van der Waals surface area contributed by atoms with Crippen LogP contribution in [0.3, 0.4) is 0 Å². The summed E-state index contributed by atoms with van der Waals surface area (Å²) in [5.74, 6) is -0.762. The molecular weight excluding hydrogens is 597 g/mol. The number of fused-ring (bicyclic) bond motifs is 6. The molecule has 0 saturated heterocycles. The highest BCUT2D eigenvalue weighted by molar-refractivity contribution is 6.31. The molecule has 0 saturated carbocycles. The van der Waals surface area contributed by atoms with E-state index in [1.165, 1.54) is 6.92 Å². The summed E-state index contributed by atoms with van der Waals surface area (Å²) in [5, 5.41) is -2.66. The molecule has 0 spiro atoms. The lowest BCUT2D eigenvalue weighted by atomic mass is 10.0. The van der Waals surface area contributed by atoms with Crippen molar-refractivity contribution in [3.8, 4) is 28.3 Å². The smallest absolute Gasteiger partial charge is 0.160 e. The van der Waals surface area contributed by atoms with E-state index in [1.54, 1.807) is 0 Å². The lowest BCUT2D eigenvalue weighted by Gasteiger charge is -2.12. The van der Waals surface area contributed by atoms with E-state index in [1.807, 2.05) is 0 Å². The molecule has 0 bridgehead atoms. The normalized spacial score (nSPS) is 19.3. The number of hydrogen-bond donors (Lipinski definition) is 0. The third-order valence-electron chi connectivity index (χ3n) is 8.46. The molecule has 4 aromatic heterocycles. The fourth-order valence-electron chi connectivity index (χ4n) is 6.52. The molecule has 0 unspecified atom stereocenters. The zero-order valence-electron chi connectivity index (χ0n) is 49.8. The van der Waals surface area contributed by atoms with E-state index in [2.05, 4.69) is 9.97 Å². The van der Waals surface area contributed by atoms with E-state index in [4.69, 9.17) is 17.8 Å². The average Bonchev–Trinajstić information content (AvgIpc) is 3.85. The van der Waals surface area contributed by atoms with Crippen molar-refractivity contribution in [2.75, 3.05) is 0 Å². The van der Waals surface area contributed by atoms with E-state index in [0.29, 0.717) is 0 Å². The molecule has 0 aliphatic rings. The summed E-state index contributed by atoms with van der Waals surface area (Å²) in [5.41, 5.74) is -5.54. The molecule has 0 N–H and O–H groups in total. The van der Waals surface area contributed by atoms with E-state index in [9.17, 15) is 16.4 Å². The maximum atomic E-state index is 9.94. The summed E-state index contributed by atoms with van der Waals surface area (Å²) in [6.45, 7) is 1.31. The van der Waals surface area contributed by atoms with Crippen LogP contribution in [0.1, 0.15) is 39.8 Å². The summed E-state index contributed by atoms with van der Waals surface area (Å²) in [6.07, 6.45) is 0. The van der Waals surface area contributed by atoms with Gasteiger partial charge in [0.25, 0.3) is 0 Å². The Morgan fingerprint density at radius 2 is 1.12 bits per heavy atom. The van der Waals surface area contributed by atoms with Gasteiger partial charge in [0.05, 0.1) is 73.1 Å². The maximum Gasteiger partial charge on any atom is 0.160 e. The van der Waals surface area contributed by atoms with Crippen LogP contribution in [-0.2, 0) is 0 Å². The zero-order chi connectivity index (χ0) is 54.0. The van der Waals surface area contributed by atoms with Crippen LogP contribution in [0.5, 0.6) is 0 Å². The summed E-state index contributed by atoms with van der Waals surface area (Å²) in [4.78, 5) is 8.90. The van der Waals surface area contributed by atoms with Gasteiger partial charge in [-0.05, 0) is 60.6 Å². The van der Waals surface area contributed by atoms with Crippen molar-refractivity contribution in [3.63, 3.8) is 0 Å². The van der Waals surface area contributed by atoms with Crippen LogP contribution in [0, 0.1) is 6.92 Å². The molecule has 0 fully saturated rings. The summed E-state index contributed by atoms with van der Waals surface area (Å²) in [6, 6.07) is -19.7. The first-order valence-corrected chi connectivity index (χ1v) is 14.7. The SMILES string of the molecule is [2H]c1c([2H])c(C)c([2H])c(-c2nc(-c3c([2H])c([2H])c([2H])c(-n4c5c([2H])c([2H])c([2H])c6c7c([2H])c([2H])c([2H])c8c9c([2H])c([2H])c([2H])c([2H])c9n(c9c([2H])c([2H])c([2H])c4c9c65)c78)c3[2H])nc3c([2H])c([2H])c([2H])c([2H])c23)c1[2H]. The number of rotatable bonds is 3. The van der Waals surface area contributed by atoms with Crippen molar-refractivity contribution in [2.24, 2.45) is 0 Å². The molecule has 0 radical (unpaired) electrons. The van der Waals surface area contributed by atoms with Gasteiger partial charge in [-0.2, -0.15) is 0 Å². The van der Waals surface area contributed by atoms with Gasteiger partial charge in [-0.1, -0.05) is 108 Å². The predicted molar refractivity (Wildman–Crippen MR) is 204 cm³/mol. The molecule has 4 heteroatoms. The Morgan fingerprint density at radius 3 is 2.04 bits per heavy atom. The topological polar surface area (TPSA) is 35.1 Å². The standard InChI is InChI=1S/C45H28N4/c1-27-11-6-12-28(25-27)43-35-16-2-4-20-36(35)46-45(47-43)29-13-7-14-30(26-29)48-38-22-9-17-32-34-19-8-18-33-31-15-3-5-21-37(31)49(44(33)34)40-24-10-23-39(48)42(40)41(32)38/h2-26H,1H3/i2D,3D,4D,5D,6D,7D,8D,9D,10D,11D,12D,13D,14D,15D,16D,17D,18D,19D,20D,21D,22D,23D,24D,25D,26D. The quantitative estimate of drug-likeness (QED) is 0.191. The fourth-order valence-corrected chi connectivity index (χ4v) is 6.52. The van der Waals surface area contributed by atoms with Crippen molar-refractivity contribution in [1.82, 2.24) is 18.9 Å². The molecule has 4 heterocycles. The number of benzene rings is 7. The van der Waals surface area contributed by atoms with Crippen LogP contribution < -0.4 is 0 Å². The first-order valence-electron chi connectivity index (χ1n) is 27.2. The highest BCUT2D eigenvalue weighted by Crippen LogP contribution is 2.44.